The van der Waals surface area contributed by atoms with Crippen LogP contribution in [0.25, 0.3) is 93.5 Å². The normalized spacial score (nSPS) is 12.7. The average Bonchev–Trinajstić information content (AvgIpc) is 3.83. The maximum Gasteiger partial charge on any atom is 0.114 e. The second kappa shape index (κ2) is 15.4. The van der Waals surface area contributed by atoms with Gasteiger partial charge in [-0.25, -0.2) is 0 Å². The molecule has 1 aliphatic heterocycles. The third-order valence-corrected chi connectivity index (χ3v) is 17.9. The lowest BCUT2D eigenvalue weighted by Crippen LogP contribution is -2.49. The van der Waals surface area contributed by atoms with Gasteiger partial charge in [0, 0.05) is 33.5 Å². The molecule has 67 heavy (non-hydrogen) atoms. The molecule has 0 N–H and O–H groups in total. The quantitative estimate of drug-likeness (QED) is 0.145. The second-order valence-corrected chi connectivity index (χ2v) is 22.8. The summed E-state index contributed by atoms with van der Waals surface area (Å²) in [5.41, 5.74) is 17.0. The van der Waals surface area contributed by atoms with Crippen LogP contribution >= 0.6 is 0 Å². The van der Waals surface area contributed by atoms with Gasteiger partial charge in [0.2, 0.25) is 0 Å². The van der Waals surface area contributed by atoms with Crippen molar-refractivity contribution in [2.45, 2.75) is 13.1 Å². The molecule has 12 aromatic rings. The molecule has 0 bridgehead atoms. The van der Waals surface area contributed by atoms with E-state index in [1.807, 2.05) is 0 Å². The molecule has 0 unspecified atom stereocenters. The summed E-state index contributed by atoms with van der Waals surface area (Å²) in [5, 5.41) is 10.8. The smallest absolute Gasteiger partial charge is 0.114 e. The topological polar surface area (TPSA) is 8.17 Å². The third-order valence-electron chi connectivity index (χ3n) is 14.3. The molecule has 2 nitrogen and oxygen atoms in total. The molecule has 0 spiro atoms. The summed E-state index contributed by atoms with van der Waals surface area (Å²) in [6.45, 7) is 5.05. The fraction of sp³-hybridized carbons (Fsp3) is 0.0312. The van der Waals surface area contributed by atoms with E-state index in [1.54, 1.807) is 5.19 Å². The van der Waals surface area contributed by atoms with E-state index in [2.05, 4.69) is 265 Å². The van der Waals surface area contributed by atoms with E-state index in [0.717, 1.165) is 17.1 Å². The number of nitrogens with zero attached hydrogens (tertiary/aromatic N) is 2. The Hall–Kier alpha value is -8.24. The molecule has 0 saturated heterocycles. The predicted molar refractivity (Wildman–Crippen MR) is 289 cm³/mol. The standard InChI is InChI=1S/C64H46N2Si/c1-67(2)63-23-12-11-22-56(63)57-36-29-51-41-62-60(42-58(51)64(57)67)59-40-50(30-37-61(59)66(62)52-20-7-4-8-21-52)48-19-13-18-47(38-48)46-26-33-54(34-27-46)65(55-35-28-44-16-9-10-17-49(44)39-55)53-31-24-45(25-32-53)43-14-5-3-6-15-43/h3-42H,1-2H3. The van der Waals surface area contributed by atoms with Crippen LogP contribution in [0, 0.1) is 0 Å². The van der Waals surface area contributed by atoms with Gasteiger partial charge >= 0.3 is 0 Å². The molecule has 316 valence electrons. The summed E-state index contributed by atoms with van der Waals surface area (Å²) in [6, 6.07) is 89.6. The van der Waals surface area contributed by atoms with E-state index in [1.165, 1.54) is 98.7 Å². The molecule has 11 aromatic carbocycles. The van der Waals surface area contributed by atoms with Crippen molar-refractivity contribution in [3.8, 4) is 50.2 Å². The molecular weight excluding hydrogens is 825 g/mol. The number of hydrogen-bond acceptors (Lipinski definition) is 1. The van der Waals surface area contributed by atoms with Gasteiger partial charge in [0.25, 0.3) is 0 Å². The van der Waals surface area contributed by atoms with Crippen molar-refractivity contribution in [2.75, 3.05) is 4.90 Å². The van der Waals surface area contributed by atoms with Crippen molar-refractivity contribution in [1.82, 2.24) is 4.57 Å². The van der Waals surface area contributed by atoms with Crippen molar-refractivity contribution >= 4 is 78.9 Å². The van der Waals surface area contributed by atoms with Crippen LogP contribution in [-0.4, -0.2) is 12.6 Å². The first-order chi connectivity index (χ1) is 33.0. The largest absolute Gasteiger partial charge is 0.310 e. The molecule has 3 heteroatoms. The van der Waals surface area contributed by atoms with Gasteiger partial charge in [-0.2, -0.15) is 0 Å². The zero-order valence-electron chi connectivity index (χ0n) is 37.5. The molecule has 2 heterocycles. The molecule has 0 amide bonds. The highest BCUT2D eigenvalue weighted by Gasteiger charge is 2.38. The molecule has 0 fully saturated rings. The lowest BCUT2D eigenvalue weighted by molar-refractivity contribution is 1.18. The third kappa shape index (κ3) is 6.46. The van der Waals surface area contributed by atoms with E-state index in [9.17, 15) is 0 Å². The van der Waals surface area contributed by atoms with Crippen LogP contribution in [0.1, 0.15) is 0 Å². The fourth-order valence-corrected chi connectivity index (χ4v) is 14.5. The number of fused-ring (bicyclic) bond motifs is 9. The van der Waals surface area contributed by atoms with Crippen LogP contribution in [0.5, 0.6) is 0 Å². The molecule has 1 aromatic heterocycles. The summed E-state index contributed by atoms with van der Waals surface area (Å²) >= 11 is 0. The van der Waals surface area contributed by atoms with Gasteiger partial charge in [0.15, 0.2) is 0 Å². The van der Waals surface area contributed by atoms with Crippen molar-refractivity contribution in [1.29, 1.82) is 0 Å². The maximum absolute atomic E-state index is 2.53. The average molecular weight is 871 g/mol. The van der Waals surface area contributed by atoms with Crippen molar-refractivity contribution in [2.24, 2.45) is 0 Å². The van der Waals surface area contributed by atoms with Gasteiger partial charge in [-0.05, 0) is 155 Å². The van der Waals surface area contributed by atoms with E-state index >= 15 is 0 Å². The minimum absolute atomic E-state index is 1.11. The summed E-state index contributed by atoms with van der Waals surface area (Å²) < 4.78 is 2.45. The molecule has 13 rings (SSSR count). The van der Waals surface area contributed by atoms with Crippen LogP contribution in [0.4, 0.5) is 17.1 Å². The first-order valence-corrected chi connectivity index (χ1v) is 26.3. The number of rotatable bonds is 7. The van der Waals surface area contributed by atoms with E-state index in [-0.39, 0.29) is 0 Å². The number of anilines is 3. The number of para-hydroxylation sites is 1. The van der Waals surface area contributed by atoms with Gasteiger partial charge in [0.1, 0.15) is 8.07 Å². The van der Waals surface area contributed by atoms with Crippen LogP contribution in [0.15, 0.2) is 243 Å². The first kappa shape index (κ1) is 39.1. The summed E-state index contributed by atoms with van der Waals surface area (Å²) in [7, 11) is -1.94. The highest BCUT2D eigenvalue weighted by atomic mass is 28.3. The van der Waals surface area contributed by atoms with Crippen LogP contribution in [0.2, 0.25) is 13.1 Å². The predicted octanol–water partition coefficient (Wildman–Crippen LogP) is 16.4. The SMILES string of the molecule is C[Si]1(C)c2ccccc2-c2ccc3cc4c(cc3c21)c1cc(-c2cccc(-c3ccc(N(c5ccc(-c6ccccc6)cc5)c5ccc6ccccc6c5)cc3)c2)ccc1n4-c1ccccc1. The molecule has 0 aliphatic carbocycles. The van der Waals surface area contributed by atoms with Crippen LogP contribution in [-0.2, 0) is 0 Å². The Bertz CT molecular complexity index is 3870. The second-order valence-electron chi connectivity index (χ2n) is 18.6. The van der Waals surface area contributed by atoms with Gasteiger partial charge in [0.05, 0.1) is 11.0 Å². The minimum atomic E-state index is -1.94. The van der Waals surface area contributed by atoms with Crippen molar-refractivity contribution < 1.29 is 0 Å². The van der Waals surface area contributed by atoms with Crippen LogP contribution in [0.3, 0.4) is 0 Å². The molecule has 0 radical (unpaired) electrons. The Morgan fingerprint density at radius 1 is 0.328 bits per heavy atom. The molecular formula is C64H46N2Si. The van der Waals surface area contributed by atoms with Gasteiger partial charge in [-0.1, -0.05) is 177 Å². The minimum Gasteiger partial charge on any atom is -0.310 e. The van der Waals surface area contributed by atoms with E-state index < -0.39 is 8.07 Å². The molecule has 0 atom stereocenters. The Labute approximate surface area is 392 Å². The fourth-order valence-electron chi connectivity index (χ4n) is 11.0. The molecule has 1 aliphatic rings. The zero-order valence-corrected chi connectivity index (χ0v) is 38.5. The lowest BCUT2D eigenvalue weighted by atomic mass is 9.97. The van der Waals surface area contributed by atoms with Gasteiger partial charge in [-0.3, -0.25) is 0 Å². The zero-order chi connectivity index (χ0) is 44.6. The number of aromatic nitrogens is 1. The Balaban J connectivity index is 0.899. The Kier molecular flexibility index (Phi) is 9.02. The monoisotopic (exact) mass is 870 g/mol. The summed E-state index contributed by atoms with van der Waals surface area (Å²) in [4.78, 5) is 2.36. The number of benzene rings is 11. The van der Waals surface area contributed by atoms with Gasteiger partial charge in [-0.15, -0.1) is 0 Å². The van der Waals surface area contributed by atoms with E-state index in [0.29, 0.717) is 0 Å². The lowest BCUT2D eigenvalue weighted by Gasteiger charge is -2.26. The Morgan fingerprint density at radius 3 is 1.64 bits per heavy atom. The van der Waals surface area contributed by atoms with E-state index in [4.69, 9.17) is 0 Å². The first-order valence-electron chi connectivity index (χ1n) is 23.3. The summed E-state index contributed by atoms with van der Waals surface area (Å²) in [6.07, 6.45) is 0. The highest BCUT2D eigenvalue weighted by Crippen LogP contribution is 2.41. The van der Waals surface area contributed by atoms with Crippen LogP contribution < -0.4 is 15.3 Å². The van der Waals surface area contributed by atoms with Crippen molar-refractivity contribution in [3.63, 3.8) is 0 Å². The maximum atomic E-state index is 2.53. The Morgan fingerprint density at radius 2 is 0.881 bits per heavy atom. The van der Waals surface area contributed by atoms with Crippen molar-refractivity contribution in [3.05, 3.63) is 243 Å². The van der Waals surface area contributed by atoms with Gasteiger partial charge < -0.3 is 9.47 Å². The summed E-state index contributed by atoms with van der Waals surface area (Å²) in [5.74, 6) is 0. The highest BCUT2D eigenvalue weighted by molar-refractivity contribution is 7.05. The number of hydrogen-bond donors (Lipinski definition) is 0. The molecule has 0 saturated carbocycles.